The van der Waals surface area contributed by atoms with Gasteiger partial charge in [-0.25, -0.2) is 0 Å². The molecule has 114 valence electrons. The quantitative estimate of drug-likeness (QED) is 0.759. The number of aliphatic carboxylic acids is 1. The molecule has 2 rings (SSSR count). The van der Waals surface area contributed by atoms with Crippen LogP contribution in [0.1, 0.15) is 39.0 Å². The molecule has 6 nitrogen and oxygen atoms in total. The molecule has 0 spiro atoms. The maximum Gasteiger partial charge on any atom is 0.306 e. The van der Waals surface area contributed by atoms with Crippen LogP contribution in [0.25, 0.3) is 0 Å². The first-order valence-electron chi connectivity index (χ1n) is 7.35. The van der Waals surface area contributed by atoms with Gasteiger partial charge in [0.2, 0.25) is 5.91 Å². The van der Waals surface area contributed by atoms with Crippen LogP contribution in [0.15, 0.2) is 10.2 Å². The van der Waals surface area contributed by atoms with Gasteiger partial charge in [0, 0.05) is 38.8 Å². The van der Waals surface area contributed by atoms with E-state index in [1.807, 2.05) is 6.92 Å². The normalized spacial score (nSPS) is 26.2. The Kier molecular flexibility index (Phi) is 4.61. The summed E-state index contributed by atoms with van der Waals surface area (Å²) >= 11 is 0. The molecular formula is C15H21N3O3. The van der Waals surface area contributed by atoms with Crippen molar-refractivity contribution in [2.24, 2.45) is 22.1 Å². The van der Waals surface area contributed by atoms with Gasteiger partial charge in [0.25, 0.3) is 0 Å². The molecule has 0 aromatic carbocycles. The summed E-state index contributed by atoms with van der Waals surface area (Å²) < 4.78 is 0. The fraction of sp³-hybridized carbons (Fsp3) is 0.733. The number of likely N-dealkylation sites (tertiary alicyclic amines) is 1. The van der Waals surface area contributed by atoms with Crippen LogP contribution in [-0.2, 0) is 9.59 Å². The number of carboxylic acid groups (broad SMARTS) is 1. The van der Waals surface area contributed by atoms with E-state index in [0.29, 0.717) is 45.2 Å². The van der Waals surface area contributed by atoms with Crippen molar-refractivity contribution in [3.8, 4) is 12.3 Å². The van der Waals surface area contributed by atoms with Crippen LogP contribution in [0.5, 0.6) is 0 Å². The molecule has 2 unspecified atom stereocenters. The SMILES string of the molecule is C#CCCC1(CCC(=O)N2CCC(C(=O)O)C(C)C2)N=N1. The fourth-order valence-electron chi connectivity index (χ4n) is 2.87. The smallest absolute Gasteiger partial charge is 0.306 e. The number of hydrogen-bond acceptors (Lipinski definition) is 4. The second kappa shape index (κ2) is 6.25. The molecule has 0 aliphatic carbocycles. The maximum atomic E-state index is 12.2. The van der Waals surface area contributed by atoms with E-state index < -0.39 is 11.6 Å². The fourth-order valence-corrected chi connectivity index (χ4v) is 2.87. The van der Waals surface area contributed by atoms with Gasteiger partial charge in [-0.1, -0.05) is 6.92 Å². The van der Waals surface area contributed by atoms with Crippen LogP contribution >= 0.6 is 0 Å². The number of hydrogen-bond donors (Lipinski definition) is 1. The summed E-state index contributed by atoms with van der Waals surface area (Å²) in [5.41, 5.74) is -0.424. The first-order chi connectivity index (χ1) is 9.97. The molecule has 2 heterocycles. The van der Waals surface area contributed by atoms with Crippen LogP contribution in [0.3, 0.4) is 0 Å². The Morgan fingerprint density at radius 2 is 2.14 bits per heavy atom. The van der Waals surface area contributed by atoms with Gasteiger partial charge in [0.05, 0.1) is 5.92 Å². The second-order valence-electron chi connectivity index (χ2n) is 5.94. The highest BCUT2D eigenvalue weighted by molar-refractivity contribution is 5.77. The Labute approximate surface area is 124 Å². The lowest BCUT2D eigenvalue weighted by Gasteiger charge is -2.35. The molecule has 0 radical (unpaired) electrons. The zero-order valence-electron chi connectivity index (χ0n) is 12.3. The Morgan fingerprint density at radius 3 is 2.67 bits per heavy atom. The first kappa shape index (κ1) is 15.5. The summed E-state index contributed by atoms with van der Waals surface area (Å²) in [6.07, 6.45) is 8.06. The lowest BCUT2D eigenvalue weighted by atomic mass is 9.87. The van der Waals surface area contributed by atoms with Crippen LogP contribution < -0.4 is 0 Å². The van der Waals surface area contributed by atoms with Crippen LogP contribution in [0.2, 0.25) is 0 Å². The molecule has 1 N–H and O–H groups in total. The third-order valence-electron chi connectivity index (χ3n) is 4.37. The number of carbonyl (C=O) groups is 2. The minimum absolute atomic E-state index is 0.00843. The van der Waals surface area contributed by atoms with Crippen molar-refractivity contribution in [2.75, 3.05) is 13.1 Å². The zero-order chi connectivity index (χ0) is 15.5. The molecule has 1 amide bonds. The van der Waals surface area contributed by atoms with Crippen molar-refractivity contribution in [3.05, 3.63) is 0 Å². The standard InChI is InChI=1S/C15H21N3O3/c1-3-4-7-15(16-17-15)8-5-13(19)18-9-6-12(14(20)21)11(2)10-18/h1,11-12H,4-10H2,2H3,(H,20,21). The lowest BCUT2D eigenvalue weighted by Crippen LogP contribution is -2.45. The molecule has 2 atom stereocenters. The second-order valence-corrected chi connectivity index (χ2v) is 5.94. The number of rotatable bonds is 6. The zero-order valence-corrected chi connectivity index (χ0v) is 12.3. The highest BCUT2D eigenvalue weighted by atomic mass is 16.4. The number of amides is 1. The highest BCUT2D eigenvalue weighted by Gasteiger charge is 2.40. The largest absolute Gasteiger partial charge is 0.481 e. The first-order valence-corrected chi connectivity index (χ1v) is 7.35. The van der Waals surface area contributed by atoms with E-state index in [2.05, 4.69) is 16.1 Å². The third kappa shape index (κ3) is 3.81. The van der Waals surface area contributed by atoms with E-state index in [9.17, 15) is 9.59 Å². The summed E-state index contributed by atoms with van der Waals surface area (Å²) in [6.45, 7) is 2.92. The molecule has 21 heavy (non-hydrogen) atoms. The molecule has 6 heteroatoms. The molecule has 2 aliphatic rings. The van der Waals surface area contributed by atoms with Gasteiger partial charge in [-0.2, -0.15) is 10.2 Å². The monoisotopic (exact) mass is 291 g/mol. The van der Waals surface area contributed by atoms with Crippen molar-refractivity contribution >= 4 is 11.9 Å². The molecule has 0 bridgehead atoms. The third-order valence-corrected chi connectivity index (χ3v) is 4.37. The van der Waals surface area contributed by atoms with Gasteiger partial charge in [-0.15, -0.1) is 12.3 Å². The summed E-state index contributed by atoms with van der Waals surface area (Å²) in [6, 6.07) is 0. The van der Waals surface area contributed by atoms with Crippen molar-refractivity contribution in [3.63, 3.8) is 0 Å². The molecule has 1 fully saturated rings. The Bertz CT molecular complexity index is 489. The predicted molar refractivity (Wildman–Crippen MR) is 76.4 cm³/mol. The number of carbonyl (C=O) groups excluding carboxylic acids is 1. The van der Waals surface area contributed by atoms with Crippen molar-refractivity contribution in [1.82, 2.24) is 4.90 Å². The van der Waals surface area contributed by atoms with E-state index in [1.54, 1.807) is 4.90 Å². The average molecular weight is 291 g/mol. The highest BCUT2D eigenvalue weighted by Crippen LogP contribution is 2.38. The predicted octanol–water partition coefficient (Wildman–Crippen LogP) is 1.91. The molecule has 0 aromatic heterocycles. The summed E-state index contributed by atoms with van der Waals surface area (Å²) in [5.74, 6) is 1.51. The van der Waals surface area contributed by atoms with E-state index in [1.165, 1.54) is 0 Å². The summed E-state index contributed by atoms with van der Waals surface area (Å²) in [5, 5.41) is 17.1. The molecule has 0 saturated carbocycles. The Balaban J connectivity index is 1.77. The van der Waals surface area contributed by atoms with E-state index in [0.717, 1.165) is 0 Å². The number of nitrogens with zero attached hydrogens (tertiary/aromatic N) is 3. The minimum Gasteiger partial charge on any atom is -0.481 e. The van der Waals surface area contributed by atoms with Gasteiger partial charge < -0.3 is 10.0 Å². The van der Waals surface area contributed by atoms with Gasteiger partial charge in [0.15, 0.2) is 5.66 Å². The number of terminal acetylenes is 1. The summed E-state index contributed by atoms with van der Waals surface area (Å²) in [7, 11) is 0. The van der Waals surface area contributed by atoms with Crippen molar-refractivity contribution in [1.29, 1.82) is 0 Å². The maximum absolute atomic E-state index is 12.2. The van der Waals surface area contributed by atoms with Gasteiger partial charge in [-0.05, 0) is 12.3 Å². The topological polar surface area (TPSA) is 82.3 Å². The molecular weight excluding hydrogens is 270 g/mol. The van der Waals surface area contributed by atoms with E-state index in [-0.39, 0.29) is 17.7 Å². The van der Waals surface area contributed by atoms with Crippen LogP contribution in [0.4, 0.5) is 0 Å². The molecule has 2 aliphatic heterocycles. The summed E-state index contributed by atoms with van der Waals surface area (Å²) in [4.78, 5) is 25.1. The molecule has 1 saturated heterocycles. The van der Waals surface area contributed by atoms with Gasteiger partial charge >= 0.3 is 5.97 Å². The average Bonchev–Trinajstić information content (AvgIpc) is 3.22. The lowest BCUT2D eigenvalue weighted by molar-refractivity contribution is -0.148. The van der Waals surface area contributed by atoms with Crippen LogP contribution in [-0.4, -0.2) is 40.6 Å². The van der Waals surface area contributed by atoms with Crippen LogP contribution in [0, 0.1) is 24.2 Å². The van der Waals surface area contributed by atoms with E-state index >= 15 is 0 Å². The van der Waals surface area contributed by atoms with Gasteiger partial charge in [-0.3, -0.25) is 9.59 Å². The van der Waals surface area contributed by atoms with Gasteiger partial charge in [0.1, 0.15) is 0 Å². The number of piperidine rings is 1. The van der Waals surface area contributed by atoms with Crippen molar-refractivity contribution < 1.29 is 14.7 Å². The molecule has 0 aromatic rings. The minimum atomic E-state index is -0.765. The number of carboxylic acids is 1. The Hall–Kier alpha value is -1.90. The Morgan fingerprint density at radius 1 is 1.43 bits per heavy atom. The van der Waals surface area contributed by atoms with Crippen molar-refractivity contribution in [2.45, 2.75) is 44.7 Å². The van der Waals surface area contributed by atoms with E-state index in [4.69, 9.17) is 11.5 Å².